The van der Waals surface area contributed by atoms with Crippen LogP contribution in [0, 0.1) is 6.92 Å². The molecule has 0 spiro atoms. The van der Waals surface area contributed by atoms with E-state index in [0.717, 1.165) is 24.0 Å². The second-order valence-electron chi connectivity index (χ2n) is 5.10. The van der Waals surface area contributed by atoms with E-state index in [1.54, 1.807) is 36.4 Å². The van der Waals surface area contributed by atoms with Gasteiger partial charge in [0, 0.05) is 11.3 Å². The van der Waals surface area contributed by atoms with Crippen LogP contribution in [0.2, 0.25) is 0 Å². The summed E-state index contributed by atoms with van der Waals surface area (Å²) in [5.41, 5.74) is 9.36. The number of carbonyl (C=O) groups excluding carboxylic acids is 1. The smallest absolute Gasteiger partial charge is 0.256 e. The Hall–Kier alpha value is -2.49. The van der Waals surface area contributed by atoms with Crippen molar-refractivity contribution in [1.82, 2.24) is 0 Å². The van der Waals surface area contributed by atoms with Crippen molar-refractivity contribution < 1.29 is 9.90 Å². The van der Waals surface area contributed by atoms with Crippen molar-refractivity contribution in [2.75, 3.05) is 11.1 Å². The third kappa shape index (κ3) is 3.34. The second-order valence-corrected chi connectivity index (χ2v) is 5.10. The second kappa shape index (κ2) is 6.31. The van der Waals surface area contributed by atoms with E-state index < -0.39 is 0 Å². The summed E-state index contributed by atoms with van der Waals surface area (Å²) >= 11 is 0. The van der Waals surface area contributed by atoms with Gasteiger partial charge in [0.2, 0.25) is 0 Å². The molecule has 0 atom stereocenters. The number of nitrogen functional groups attached to an aromatic ring is 1. The van der Waals surface area contributed by atoms with Gasteiger partial charge in [-0.2, -0.15) is 0 Å². The molecule has 0 aliphatic rings. The van der Waals surface area contributed by atoms with Crippen LogP contribution in [0.3, 0.4) is 0 Å². The molecular formula is C17H20N2O2. The van der Waals surface area contributed by atoms with Crippen molar-refractivity contribution in [1.29, 1.82) is 0 Å². The van der Waals surface area contributed by atoms with Crippen LogP contribution in [-0.4, -0.2) is 11.0 Å². The summed E-state index contributed by atoms with van der Waals surface area (Å²) in [7, 11) is 0. The summed E-state index contributed by atoms with van der Waals surface area (Å²) in [6, 6.07) is 10.4. The summed E-state index contributed by atoms with van der Waals surface area (Å²) in [4.78, 5) is 12.4. The van der Waals surface area contributed by atoms with Crippen molar-refractivity contribution in [3.05, 3.63) is 53.1 Å². The Labute approximate surface area is 124 Å². The predicted octanol–water partition coefficient (Wildman–Crippen LogP) is 3.49. The normalized spacial score (nSPS) is 10.4. The molecule has 0 bridgehead atoms. The number of hydrogen-bond acceptors (Lipinski definition) is 3. The molecule has 4 N–H and O–H groups in total. The zero-order valence-corrected chi connectivity index (χ0v) is 12.3. The number of aryl methyl sites for hydroxylation is 1. The molecule has 0 aliphatic heterocycles. The van der Waals surface area contributed by atoms with Gasteiger partial charge >= 0.3 is 0 Å². The number of hydrogen-bond donors (Lipinski definition) is 3. The minimum absolute atomic E-state index is 0.0508. The molecule has 0 heterocycles. The number of benzene rings is 2. The van der Waals surface area contributed by atoms with Gasteiger partial charge in [-0.15, -0.1) is 0 Å². The first-order valence-electron chi connectivity index (χ1n) is 7.01. The maximum Gasteiger partial charge on any atom is 0.256 e. The molecule has 0 unspecified atom stereocenters. The van der Waals surface area contributed by atoms with E-state index in [1.807, 2.05) is 13.8 Å². The third-order valence-corrected chi connectivity index (χ3v) is 3.36. The first-order chi connectivity index (χ1) is 10.0. The van der Waals surface area contributed by atoms with Gasteiger partial charge in [-0.1, -0.05) is 25.5 Å². The van der Waals surface area contributed by atoms with Crippen LogP contribution < -0.4 is 11.1 Å². The molecule has 0 radical (unpaired) electrons. The summed E-state index contributed by atoms with van der Waals surface area (Å²) in [5.74, 6) is -0.207. The molecule has 0 saturated heterocycles. The zero-order chi connectivity index (χ0) is 15.4. The standard InChI is InChI=1S/C17H20N2O2/c1-3-5-12-13(6-4-7-14(12)18)17(21)19-15-10-11(2)8-9-16(15)20/h4,6-10,20H,3,5,18H2,1-2H3,(H,19,21). The van der Waals surface area contributed by atoms with E-state index in [4.69, 9.17) is 5.73 Å². The van der Waals surface area contributed by atoms with Crippen molar-refractivity contribution in [3.63, 3.8) is 0 Å². The minimum Gasteiger partial charge on any atom is -0.506 e. The molecule has 21 heavy (non-hydrogen) atoms. The van der Waals surface area contributed by atoms with Gasteiger partial charge < -0.3 is 16.2 Å². The highest BCUT2D eigenvalue weighted by molar-refractivity contribution is 6.06. The number of phenols is 1. The number of amides is 1. The number of anilines is 2. The van der Waals surface area contributed by atoms with Crippen molar-refractivity contribution >= 4 is 17.3 Å². The van der Waals surface area contributed by atoms with Crippen LogP contribution in [0.15, 0.2) is 36.4 Å². The zero-order valence-electron chi connectivity index (χ0n) is 12.3. The SMILES string of the molecule is CCCc1c(N)cccc1C(=O)Nc1cc(C)ccc1O. The Morgan fingerprint density at radius 1 is 1.29 bits per heavy atom. The number of rotatable bonds is 4. The lowest BCUT2D eigenvalue weighted by atomic mass is 10.0. The first-order valence-corrected chi connectivity index (χ1v) is 7.01. The average molecular weight is 284 g/mol. The topological polar surface area (TPSA) is 75.4 Å². The van der Waals surface area contributed by atoms with Gasteiger partial charge in [0.05, 0.1) is 5.69 Å². The number of nitrogens with two attached hydrogens (primary N) is 1. The number of phenolic OH excluding ortho intramolecular Hbond substituents is 1. The summed E-state index contributed by atoms with van der Waals surface area (Å²) < 4.78 is 0. The van der Waals surface area contributed by atoms with E-state index in [-0.39, 0.29) is 11.7 Å². The molecular weight excluding hydrogens is 264 g/mol. The maximum absolute atomic E-state index is 12.4. The van der Waals surface area contributed by atoms with E-state index in [9.17, 15) is 9.90 Å². The van der Waals surface area contributed by atoms with Crippen molar-refractivity contribution in [2.45, 2.75) is 26.7 Å². The highest BCUT2D eigenvalue weighted by Gasteiger charge is 2.14. The molecule has 4 heteroatoms. The predicted molar refractivity (Wildman–Crippen MR) is 85.6 cm³/mol. The minimum atomic E-state index is -0.258. The first kappa shape index (κ1) is 14.9. The van der Waals surface area contributed by atoms with Gasteiger partial charge in [-0.05, 0) is 48.7 Å². The molecule has 0 fully saturated rings. The average Bonchev–Trinajstić information content (AvgIpc) is 2.45. The molecule has 110 valence electrons. The summed E-state index contributed by atoms with van der Waals surface area (Å²) in [6.45, 7) is 3.94. The summed E-state index contributed by atoms with van der Waals surface area (Å²) in [5, 5.41) is 12.6. The van der Waals surface area contributed by atoms with Crippen LogP contribution in [0.5, 0.6) is 5.75 Å². The molecule has 0 aromatic heterocycles. The lowest BCUT2D eigenvalue weighted by molar-refractivity contribution is 0.102. The summed E-state index contributed by atoms with van der Waals surface area (Å²) in [6.07, 6.45) is 1.65. The van der Waals surface area contributed by atoms with Gasteiger partial charge in [0.1, 0.15) is 5.75 Å². The number of carbonyl (C=O) groups is 1. The fraction of sp³-hybridized carbons (Fsp3) is 0.235. The molecule has 4 nitrogen and oxygen atoms in total. The lowest BCUT2D eigenvalue weighted by Gasteiger charge is -2.13. The molecule has 2 rings (SSSR count). The lowest BCUT2D eigenvalue weighted by Crippen LogP contribution is -2.15. The van der Waals surface area contributed by atoms with Crippen LogP contribution in [0.25, 0.3) is 0 Å². The molecule has 2 aromatic rings. The van der Waals surface area contributed by atoms with Crippen LogP contribution in [0.1, 0.15) is 34.8 Å². The van der Waals surface area contributed by atoms with Crippen LogP contribution in [-0.2, 0) is 6.42 Å². The molecule has 0 aliphatic carbocycles. The Bertz CT molecular complexity index is 666. The van der Waals surface area contributed by atoms with Crippen molar-refractivity contribution in [2.24, 2.45) is 0 Å². The van der Waals surface area contributed by atoms with E-state index in [0.29, 0.717) is 16.9 Å². The number of aromatic hydroxyl groups is 1. The Morgan fingerprint density at radius 3 is 2.76 bits per heavy atom. The van der Waals surface area contributed by atoms with Crippen molar-refractivity contribution in [3.8, 4) is 5.75 Å². The molecule has 2 aromatic carbocycles. The fourth-order valence-corrected chi connectivity index (χ4v) is 2.29. The van der Waals surface area contributed by atoms with E-state index >= 15 is 0 Å². The van der Waals surface area contributed by atoms with E-state index in [2.05, 4.69) is 5.32 Å². The number of nitrogens with one attached hydrogen (secondary N) is 1. The monoisotopic (exact) mass is 284 g/mol. The van der Waals surface area contributed by atoms with Gasteiger partial charge in [0.25, 0.3) is 5.91 Å². The van der Waals surface area contributed by atoms with Gasteiger partial charge in [-0.3, -0.25) is 4.79 Å². The third-order valence-electron chi connectivity index (χ3n) is 3.36. The van der Waals surface area contributed by atoms with E-state index in [1.165, 1.54) is 0 Å². The Balaban J connectivity index is 2.32. The highest BCUT2D eigenvalue weighted by atomic mass is 16.3. The van der Waals surface area contributed by atoms with Gasteiger partial charge in [0.15, 0.2) is 0 Å². The Kier molecular flexibility index (Phi) is 4.48. The quantitative estimate of drug-likeness (QED) is 0.594. The Morgan fingerprint density at radius 2 is 2.05 bits per heavy atom. The fourth-order valence-electron chi connectivity index (χ4n) is 2.29. The maximum atomic E-state index is 12.4. The van der Waals surface area contributed by atoms with Crippen LogP contribution >= 0.6 is 0 Å². The molecule has 1 amide bonds. The highest BCUT2D eigenvalue weighted by Crippen LogP contribution is 2.26. The molecule has 0 saturated carbocycles. The van der Waals surface area contributed by atoms with Crippen LogP contribution in [0.4, 0.5) is 11.4 Å². The van der Waals surface area contributed by atoms with Gasteiger partial charge in [-0.25, -0.2) is 0 Å². The largest absolute Gasteiger partial charge is 0.506 e.